The van der Waals surface area contributed by atoms with Gasteiger partial charge in [0.2, 0.25) is 0 Å². The molecule has 0 bridgehead atoms. The molecule has 0 aromatic heterocycles. The molecule has 0 spiro atoms. The van der Waals surface area contributed by atoms with Crippen LogP contribution in [-0.2, 0) is 4.74 Å². The Kier molecular flexibility index (Phi) is 11.0. The van der Waals surface area contributed by atoms with Crippen LogP contribution in [0.2, 0.25) is 0 Å². The van der Waals surface area contributed by atoms with Crippen LogP contribution in [0.1, 0.15) is 63.7 Å². The van der Waals surface area contributed by atoms with Crippen LogP contribution in [0.25, 0.3) is 0 Å². The zero-order valence-electron chi connectivity index (χ0n) is 16.7. The van der Waals surface area contributed by atoms with Gasteiger partial charge in [-0.25, -0.2) is 4.79 Å². The molecule has 0 saturated carbocycles. The number of thioether (sulfide) groups is 1. The minimum Gasteiger partial charge on any atom is -0.347 e. The van der Waals surface area contributed by atoms with Crippen LogP contribution < -0.4 is 0 Å². The molecule has 4 heteroatoms. The van der Waals surface area contributed by atoms with E-state index < -0.39 is 5.97 Å². The number of hydrogen-bond donors (Lipinski definition) is 0. The average Bonchev–Trinajstić information content (AvgIpc) is 2.62. The van der Waals surface area contributed by atoms with Gasteiger partial charge in [0.1, 0.15) is 0 Å². The normalized spacial score (nSPS) is 11.7. The second kappa shape index (κ2) is 13.0. The van der Waals surface area contributed by atoms with E-state index in [1.807, 2.05) is 12.1 Å². The summed E-state index contributed by atoms with van der Waals surface area (Å²) >= 11 is 1.57. The summed E-state index contributed by atoms with van der Waals surface area (Å²) in [5, 5.41) is 8.51. The predicted octanol–water partition coefficient (Wildman–Crippen LogP) is 6.84. The Bertz CT molecular complexity index is 750. The number of hydrogen-bond acceptors (Lipinski definition) is 4. The molecule has 1 aromatic rings. The molecule has 1 aromatic carbocycles. The third-order valence-corrected chi connectivity index (χ3v) is 5.04. The lowest BCUT2D eigenvalue weighted by atomic mass is 10.1. The van der Waals surface area contributed by atoms with Crippen LogP contribution in [0.4, 0.5) is 0 Å². The average molecular weight is 384 g/mol. The SMILES string of the molecule is CC(C)=CCC/C(C)=C/CC/C(C)=C/CSc1ccccc1C(=O)OC#N. The smallest absolute Gasteiger partial charge is 0.347 e. The van der Waals surface area contributed by atoms with E-state index in [0.29, 0.717) is 5.56 Å². The lowest BCUT2D eigenvalue weighted by Gasteiger charge is -2.05. The van der Waals surface area contributed by atoms with E-state index in [1.165, 1.54) is 23.0 Å². The van der Waals surface area contributed by atoms with Crippen LogP contribution in [0.15, 0.2) is 64.1 Å². The fourth-order valence-corrected chi connectivity index (χ4v) is 3.50. The number of rotatable bonds is 10. The number of nitriles is 1. The number of carbonyl (C=O) groups excluding carboxylic acids is 1. The Morgan fingerprint density at radius 1 is 1.04 bits per heavy atom. The summed E-state index contributed by atoms with van der Waals surface area (Å²) in [7, 11) is 0. The molecule has 3 nitrogen and oxygen atoms in total. The van der Waals surface area contributed by atoms with Crippen molar-refractivity contribution in [3.63, 3.8) is 0 Å². The highest BCUT2D eigenvalue weighted by atomic mass is 32.2. The molecule has 0 atom stereocenters. The van der Waals surface area contributed by atoms with Crippen molar-refractivity contribution in [3.05, 3.63) is 64.8 Å². The van der Waals surface area contributed by atoms with Crippen molar-refractivity contribution in [2.75, 3.05) is 5.75 Å². The maximum absolute atomic E-state index is 11.8. The Balaban J connectivity index is 2.47. The number of ether oxygens (including phenoxy) is 1. The van der Waals surface area contributed by atoms with Gasteiger partial charge in [-0.1, -0.05) is 47.1 Å². The number of carbonyl (C=O) groups is 1. The topological polar surface area (TPSA) is 50.1 Å². The number of allylic oxidation sites excluding steroid dienone is 5. The molecule has 0 radical (unpaired) electrons. The van der Waals surface area contributed by atoms with E-state index in [-0.39, 0.29) is 0 Å². The lowest BCUT2D eigenvalue weighted by molar-refractivity contribution is 0.0681. The minimum atomic E-state index is -0.602. The van der Waals surface area contributed by atoms with Crippen LogP contribution in [0.5, 0.6) is 0 Å². The van der Waals surface area contributed by atoms with Crippen LogP contribution in [-0.4, -0.2) is 11.7 Å². The van der Waals surface area contributed by atoms with Crippen LogP contribution in [0.3, 0.4) is 0 Å². The molecule has 0 aliphatic rings. The minimum absolute atomic E-state index is 0.435. The molecule has 1 rings (SSSR count). The van der Waals surface area contributed by atoms with Crippen LogP contribution in [0, 0.1) is 11.5 Å². The maximum atomic E-state index is 11.8. The van der Waals surface area contributed by atoms with Gasteiger partial charge in [-0.2, -0.15) is 0 Å². The van der Waals surface area contributed by atoms with Gasteiger partial charge in [0, 0.05) is 10.6 Å². The standard InChI is InChI=1S/C23H29NO2S/c1-18(2)9-7-10-19(3)11-8-12-20(4)15-16-27-22-14-6-5-13-21(22)23(25)26-17-24/h5-6,9,11,13-15H,7-8,10,12,16H2,1-4H3/b19-11+,20-15+. The Labute approximate surface area is 167 Å². The fourth-order valence-electron chi connectivity index (χ4n) is 2.47. The van der Waals surface area contributed by atoms with Gasteiger partial charge in [-0.3, -0.25) is 0 Å². The van der Waals surface area contributed by atoms with Crippen molar-refractivity contribution in [3.8, 4) is 6.26 Å². The number of benzene rings is 1. The monoisotopic (exact) mass is 383 g/mol. The molecule has 27 heavy (non-hydrogen) atoms. The molecule has 0 N–H and O–H groups in total. The number of esters is 1. The van der Waals surface area contributed by atoms with Crippen molar-refractivity contribution >= 4 is 17.7 Å². The first-order valence-corrected chi connectivity index (χ1v) is 10.2. The zero-order valence-corrected chi connectivity index (χ0v) is 17.6. The third kappa shape index (κ3) is 9.86. The van der Waals surface area contributed by atoms with Gasteiger partial charge >= 0.3 is 5.97 Å². The number of nitrogens with zero attached hydrogens (tertiary/aromatic N) is 1. The van der Waals surface area contributed by atoms with E-state index in [0.717, 1.165) is 36.3 Å². The summed E-state index contributed by atoms with van der Waals surface area (Å²) in [6.07, 6.45) is 12.6. The summed E-state index contributed by atoms with van der Waals surface area (Å²) in [4.78, 5) is 12.6. The highest BCUT2D eigenvalue weighted by Crippen LogP contribution is 2.24. The first-order chi connectivity index (χ1) is 12.9. The maximum Gasteiger partial charge on any atom is 0.354 e. The van der Waals surface area contributed by atoms with E-state index in [9.17, 15) is 4.79 Å². The first kappa shape index (κ1) is 22.8. The predicted molar refractivity (Wildman–Crippen MR) is 114 cm³/mol. The van der Waals surface area contributed by atoms with Crippen molar-refractivity contribution in [2.24, 2.45) is 0 Å². The summed E-state index contributed by atoms with van der Waals surface area (Å²) in [6.45, 7) is 8.61. The van der Waals surface area contributed by atoms with Gasteiger partial charge in [-0.15, -0.1) is 17.0 Å². The van der Waals surface area contributed by atoms with Crippen LogP contribution >= 0.6 is 11.8 Å². The quantitative estimate of drug-likeness (QED) is 0.192. The third-order valence-electron chi connectivity index (χ3n) is 4.04. The highest BCUT2D eigenvalue weighted by Gasteiger charge is 2.12. The molecule has 0 saturated heterocycles. The second-order valence-electron chi connectivity index (χ2n) is 6.75. The molecular formula is C23H29NO2S. The molecule has 0 aliphatic heterocycles. The first-order valence-electron chi connectivity index (χ1n) is 9.20. The van der Waals surface area contributed by atoms with Crippen molar-refractivity contribution in [1.82, 2.24) is 0 Å². The van der Waals surface area contributed by atoms with Crippen molar-refractivity contribution in [2.45, 2.75) is 58.3 Å². The van der Waals surface area contributed by atoms with E-state index >= 15 is 0 Å². The van der Waals surface area contributed by atoms with Gasteiger partial charge < -0.3 is 4.74 Å². The van der Waals surface area contributed by atoms with E-state index in [4.69, 9.17) is 5.26 Å². The van der Waals surface area contributed by atoms with E-state index in [1.54, 1.807) is 23.9 Å². The summed E-state index contributed by atoms with van der Waals surface area (Å²) in [6, 6.07) is 7.21. The molecule has 0 aliphatic carbocycles. The Morgan fingerprint density at radius 3 is 2.33 bits per heavy atom. The molecule has 0 fully saturated rings. The largest absolute Gasteiger partial charge is 0.354 e. The van der Waals surface area contributed by atoms with Gasteiger partial charge in [-0.05, 0) is 65.5 Å². The fraction of sp³-hybridized carbons (Fsp3) is 0.391. The lowest BCUT2D eigenvalue weighted by Crippen LogP contribution is -2.02. The molecular weight excluding hydrogens is 354 g/mol. The Morgan fingerprint density at radius 2 is 1.67 bits per heavy atom. The van der Waals surface area contributed by atoms with Crippen molar-refractivity contribution < 1.29 is 9.53 Å². The van der Waals surface area contributed by atoms with E-state index in [2.05, 4.69) is 50.7 Å². The van der Waals surface area contributed by atoms with Crippen molar-refractivity contribution in [1.29, 1.82) is 5.26 Å². The zero-order chi connectivity index (χ0) is 20.1. The molecule has 0 amide bonds. The highest BCUT2D eigenvalue weighted by molar-refractivity contribution is 7.99. The molecule has 144 valence electrons. The van der Waals surface area contributed by atoms with Gasteiger partial charge in [0.25, 0.3) is 6.26 Å². The summed E-state index contributed by atoms with van der Waals surface area (Å²) < 4.78 is 4.44. The summed E-state index contributed by atoms with van der Waals surface area (Å²) in [5.74, 6) is 0.182. The molecule has 0 heterocycles. The van der Waals surface area contributed by atoms with Gasteiger partial charge in [0.05, 0.1) is 5.56 Å². The molecule has 0 unspecified atom stereocenters. The Hall–Kier alpha value is -2.25. The van der Waals surface area contributed by atoms with Gasteiger partial charge in [0.15, 0.2) is 0 Å². The summed E-state index contributed by atoms with van der Waals surface area (Å²) in [5.41, 5.74) is 4.60. The second-order valence-corrected chi connectivity index (χ2v) is 7.81.